The molecule has 0 atom stereocenters. The molecule has 0 fully saturated rings. The lowest BCUT2D eigenvalue weighted by atomic mass is 10.1. The van der Waals surface area contributed by atoms with Crippen LogP contribution in [0.5, 0.6) is 0 Å². The molecule has 2 aromatic rings. The maximum absolute atomic E-state index is 12.8. The molecule has 0 aliphatic carbocycles. The van der Waals surface area contributed by atoms with Crippen molar-refractivity contribution < 1.29 is 13.6 Å². The van der Waals surface area contributed by atoms with Crippen molar-refractivity contribution in [3.63, 3.8) is 0 Å². The Hall–Kier alpha value is -1.97. The van der Waals surface area contributed by atoms with Gasteiger partial charge in [-0.1, -0.05) is 71.1 Å². The number of aryl methyl sites for hydroxylation is 1. The number of unbranched alkanes of at least 4 members (excludes halogenated alkanes) is 10. The van der Waals surface area contributed by atoms with Crippen LogP contribution in [-0.4, -0.2) is 10.8 Å². The van der Waals surface area contributed by atoms with Crippen LogP contribution in [0.3, 0.4) is 0 Å². The molecule has 29 heavy (non-hydrogen) atoms. The fourth-order valence-electron chi connectivity index (χ4n) is 3.68. The van der Waals surface area contributed by atoms with Crippen molar-refractivity contribution in [2.45, 2.75) is 104 Å². The minimum Gasteiger partial charge on any atom is -0.467 e. The van der Waals surface area contributed by atoms with Crippen LogP contribution >= 0.6 is 0 Å². The van der Waals surface area contributed by atoms with Crippen molar-refractivity contribution in [3.8, 4) is 0 Å². The molecule has 0 bridgehead atoms. The summed E-state index contributed by atoms with van der Waals surface area (Å²) < 4.78 is 11.1. The summed E-state index contributed by atoms with van der Waals surface area (Å²) >= 11 is 0. The van der Waals surface area contributed by atoms with Gasteiger partial charge in [0.05, 0.1) is 19.4 Å². The summed E-state index contributed by atoms with van der Waals surface area (Å²) in [6.45, 7) is 5.17. The number of carbonyl (C=O) groups is 1. The Morgan fingerprint density at radius 3 is 2.00 bits per heavy atom. The van der Waals surface area contributed by atoms with E-state index >= 15 is 0 Å². The van der Waals surface area contributed by atoms with Gasteiger partial charge in [0.2, 0.25) is 5.91 Å². The molecular formula is C25H39NO3. The molecule has 0 radical (unpaired) electrons. The van der Waals surface area contributed by atoms with Crippen molar-refractivity contribution in [1.29, 1.82) is 0 Å². The van der Waals surface area contributed by atoms with Gasteiger partial charge in [-0.2, -0.15) is 0 Å². The number of furan rings is 2. The first-order valence-electron chi connectivity index (χ1n) is 11.5. The number of rotatable bonds is 16. The Labute approximate surface area is 176 Å². The first kappa shape index (κ1) is 23.3. The van der Waals surface area contributed by atoms with Crippen molar-refractivity contribution >= 4 is 5.91 Å². The second-order valence-corrected chi connectivity index (χ2v) is 8.13. The van der Waals surface area contributed by atoms with E-state index in [1.54, 1.807) is 6.26 Å². The molecule has 4 heteroatoms. The molecule has 0 aliphatic rings. The SMILES string of the molecule is CCCCCCCCCCCCCC(=O)N(Cc1ccco1)Cc1ccc(C)o1. The van der Waals surface area contributed by atoms with E-state index in [4.69, 9.17) is 8.83 Å². The molecule has 1 amide bonds. The van der Waals surface area contributed by atoms with Gasteiger partial charge in [-0.15, -0.1) is 0 Å². The van der Waals surface area contributed by atoms with Gasteiger partial charge in [-0.3, -0.25) is 4.79 Å². The number of hydrogen-bond acceptors (Lipinski definition) is 3. The van der Waals surface area contributed by atoms with Gasteiger partial charge in [0, 0.05) is 6.42 Å². The summed E-state index contributed by atoms with van der Waals surface area (Å²) in [5, 5.41) is 0. The summed E-state index contributed by atoms with van der Waals surface area (Å²) in [6, 6.07) is 7.66. The molecule has 4 nitrogen and oxygen atoms in total. The smallest absolute Gasteiger partial charge is 0.223 e. The van der Waals surface area contributed by atoms with Crippen LogP contribution < -0.4 is 0 Å². The third-order valence-corrected chi connectivity index (χ3v) is 5.42. The lowest BCUT2D eigenvalue weighted by molar-refractivity contribution is -0.133. The van der Waals surface area contributed by atoms with Crippen molar-refractivity contribution in [2.24, 2.45) is 0 Å². The topological polar surface area (TPSA) is 46.6 Å². The van der Waals surface area contributed by atoms with Gasteiger partial charge in [0.25, 0.3) is 0 Å². The third-order valence-electron chi connectivity index (χ3n) is 5.42. The van der Waals surface area contributed by atoms with E-state index in [0.717, 1.165) is 30.1 Å². The highest BCUT2D eigenvalue weighted by molar-refractivity contribution is 5.76. The molecule has 162 valence electrons. The van der Waals surface area contributed by atoms with E-state index in [1.165, 1.54) is 57.8 Å². The molecule has 2 rings (SSSR count). The first-order valence-corrected chi connectivity index (χ1v) is 11.5. The van der Waals surface area contributed by atoms with Crippen molar-refractivity contribution in [1.82, 2.24) is 4.90 Å². The Kier molecular flexibility index (Phi) is 11.3. The molecule has 0 unspecified atom stereocenters. The van der Waals surface area contributed by atoms with Gasteiger partial charge in [-0.25, -0.2) is 0 Å². The highest BCUT2D eigenvalue weighted by atomic mass is 16.3. The number of hydrogen-bond donors (Lipinski definition) is 0. The van der Waals surface area contributed by atoms with Crippen LogP contribution in [0.25, 0.3) is 0 Å². The summed E-state index contributed by atoms with van der Waals surface area (Å²) in [5.41, 5.74) is 0. The molecule has 0 aromatic carbocycles. The number of amides is 1. The van der Waals surface area contributed by atoms with Crippen LogP contribution in [0, 0.1) is 6.92 Å². The van der Waals surface area contributed by atoms with Crippen LogP contribution in [-0.2, 0) is 17.9 Å². The van der Waals surface area contributed by atoms with Gasteiger partial charge >= 0.3 is 0 Å². The van der Waals surface area contributed by atoms with Gasteiger partial charge in [0.15, 0.2) is 0 Å². The van der Waals surface area contributed by atoms with E-state index in [0.29, 0.717) is 19.5 Å². The predicted molar refractivity (Wildman–Crippen MR) is 117 cm³/mol. The van der Waals surface area contributed by atoms with Crippen LogP contribution in [0.1, 0.15) is 101 Å². The molecule has 2 heterocycles. The standard InChI is InChI=1S/C25H39NO3/c1-3-4-5-6-7-8-9-10-11-12-13-16-25(27)26(20-23-15-14-19-28-23)21-24-18-17-22(2)29-24/h14-15,17-19H,3-13,16,20-21H2,1-2H3. The minimum atomic E-state index is 0.173. The number of nitrogens with zero attached hydrogens (tertiary/aromatic N) is 1. The summed E-state index contributed by atoms with van der Waals surface area (Å²) in [7, 11) is 0. The van der Waals surface area contributed by atoms with E-state index in [2.05, 4.69) is 6.92 Å². The molecule has 0 saturated carbocycles. The predicted octanol–water partition coefficient (Wildman–Crippen LogP) is 7.41. The second kappa shape index (κ2) is 14.1. The summed E-state index contributed by atoms with van der Waals surface area (Å²) in [5.74, 6) is 2.67. The molecular weight excluding hydrogens is 362 g/mol. The largest absolute Gasteiger partial charge is 0.467 e. The zero-order valence-corrected chi connectivity index (χ0v) is 18.5. The lowest BCUT2D eigenvalue weighted by Crippen LogP contribution is -2.29. The third kappa shape index (κ3) is 9.87. The van der Waals surface area contributed by atoms with Crippen LogP contribution in [0.2, 0.25) is 0 Å². The van der Waals surface area contributed by atoms with Crippen molar-refractivity contribution in [2.75, 3.05) is 0 Å². The van der Waals surface area contributed by atoms with E-state index in [-0.39, 0.29) is 5.91 Å². The van der Waals surface area contributed by atoms with Gasteiger partial charge in [-0.05, 0) is 37.6 Å². The highest BCUT2D eigenvalue weighted by Gasteiger charge is 2.17. The molecule has 0 saturated heterocycles. The average molecular weight is 402 g/mol. The lowest BCUT2D eigenvalue weighted by Gasteiger charge is -2.20. The maximum atomic E-state index is 12.8. The number of carbonyl (C=O) groups excluding carboxylic acids is 1. The average Bonchev–Trinajstić information content (AvgIpc) is 3.37. The normalized spacial score (nSPS) is 11.1. The van der Waals surface area contributed by atoms with E-state index < -0.39 is 0 Å². The van der Waals surface area contributed by atoms with E-state index in [1.807, 2.05) is 36.1 Å². The fraction of sp³-hybridized carbons (Fsp3) is 0.640. The molecule has 2 aromatic heterocycles. The Bertz CT molecular complexity index is 659. The minimum absolute atomic E-state index is 0.173. The quantitative estimate of drug-likeness (QED) is 0.275. The zero-order valence-electron chi connectivity index (χ0n) is 18.5. The first-order chi connectivity index (χ1) is 14.2. The molecule has 0 N–H and O–H groups in total. The summed E-state index contributed by atoms with van der Waals surface area (Å²) in [6.07, 6.45) is 16.4. The monoisotopic (exact) mass is 401 g/mol. The Morgan fingerprint density at radius 2 is 1.45 bits per heavy atom. The Balaban J connectivity index is 1.63. The van der Waals surface area contributed by atoms with Crippen LogP contribution in [0.4, 0.5) is 0 Å². The zero-order chi connectivity index (χ0) is 20.7. The molecule has 0 spiro atoms. The summed E-state index contributed by atoms with van der Waals surface area (Å²) in [4.78, 5) is 14.6. The maximum Gasteiger partial charge on any atom is 0.223 e. The van der Waals surface area contributed by atoms with Crippen molar-refractivity contribution in [3.05, 3.63) is 47.8 Å². The van der Waals surface area contributed by atoms with Crippen LogP contribution in [0.15, 0.2) is 39.4 Å². The van der Waals surface area contributed by atoms with Gasteiger partial charge in [0.1, 0.15) is 17.3 Å². The molecule has 0 aliphatic heterocycles. The van der Waals surface area contributed by atoms with E-state index in [9.17, 15) is 4.79 Å². The Morgan fingerprint density at radius 1 is 0.828 bits per heavy atom. The second-order valence-electron chi connectivity index (χ2n) is 8.13. The fourth-order valence-corrected chi connectivity index (χ4v) is 3.68. The van der Waals surface area contributed by atoms with Gasteiger partial charge < -0.3 is 13.7 Å². The highest BCUT2D eigenvalue weighted by Crippen LogP contribution is 2.16.